The number of rotatable bonds is 27. The number of aliphatic carboxylic acids is 2. The highest BCUT2D eigenvalue weighted by atomic mass is 16.4. The van der Waals surface area contributed by atoms with Crippen LogP contribution < -0.4 is 0 Å². The van der Waals surface area contributed by atoms with E-state index < -0.39 is 17.5 Å². The number of hydrogen-bond donors (Lipinski definition) is 3. The maximum absolute atomic E-state index is 12.1. The predicted molar refractivity (Wildman–Crippen MR) is 196 cm³/mol. The van der Waals surface area contributed by atoms with Gasteiger partial charge in [0.25, 0.3) is 0 Å². The Morgan fingerprint density at radius 2 is 0.915 bits per heavy atom. The number of carboxylic acid groups (broad SMARTS) is 2. The monoisotopic (exact) mass is 664 g/mol. The molecule has 0 amide bonds. The summed E-state index contributed by atoms with van der Waals surface area (Å²) in [6, 6.07) is 0. The number of hydrogen-bond acceptors (Lipinski definition) is 4. The van der Waals surface area contributed by atoms with Gasteiger partial charge in [0.15, 0.2) is 0 Å². The number of carbonyl (C=O) groups is 2. The van der Waals surface area contributed by atoms with Crippen molar-refractivity contribution in [1.82, 2.24) is 4.90 Å². The van der Waals surface area contributed by atoms with E-state index in [0.717, 1.165) is 142 Å². The van der Waals surface area contributed by atoms with Crippen LogP contribution in [0.4, 0.5) is 0 Å². The van der Waals surface area contributed by atoms with Crippen LogP contribution in [0.5, 0.6) is 0 Å². The normalized spacial score (nSPS) is 19.6. The van der Waals surface area contributed by atoms with Gasteiger partial charge in [-0.3, -0.25) is 9.59 Å². The van der Waals surface area contributed by atoms with Gasteiger partial charge in [-0.2, -0.15) is 0 Å². The van der Waals surface area contributed by atoms with Gasteiger partial charge in [-0.25, -0.2) is 0 Å². The van der Waals surface area contributed by atoms with Gasteiger partial charge in [0.05, 0.1) is 17.4 Å². The van der Waals surface area contributed by atoms with Crippen LogP contribution in [0.3, 0.4) is 0 Å². The van der Waals surface area contributed by atoms with Crippen molar-refractivity contribution in [1.29, 1.82) is 0 Å². The quantitative estimate of drug-likeness (QED) is 0.0597. The van der Waals surface area contributed by atoms with Crippen LogP contribution in [0.1, 0.15) is 200 Å². The average Bonchev–Trinajstić information content (AvgIpc) is 3.48. The van der Waals surface area contributed by atoms with E-state index >= 15 is 0 Å². The van der Waals surface area contributed by atoms with E-state index in [1.54, 1.807) is 0 Å². The molecule has 2 fully saturated rings. The van der Waals surface area contributed by atoms with Gasteiger partial charge in [0.2, 0.25) is 0 Å². The fourth-order valence-corrected chi connectivity index (χ4v) is 9.02. The molecule has 0 aliphatic heterocycles. The van der Waals surface area contributed by atoms with Gasteiger partial charge in [0.1, 0.15) is 0 Å². The van der Waals surface area contributed by atoms with Crippen LogP contribution in [-0.2, 0) is 9.59 Å². The third-order valence-corrected chi connectivity index (χ3v) is 11.8. The Labute approximate surface area is 290 Å². The standard InChI is InChI=1S/C41H77NO5/c1-3-32-42(33-4-2)34-22-21-31-41(47,29-19-11-9-17-27-37(39(43)44)35-23-13-5-6-14-24-35)30-20-12-10-18-28-38(40(45)46)36-25-15-7-8-16-26-36/h35-38,47H,3-34H2,1-2H3,(H,43,44)(H,45,46). The predicted octanol–water partition coefficient (Wildman–Crippen LogP) is 11.0. The number of nitrogens with zero attached hydrogens (tertiary/aromatic N) is 1. The van der Waals surface area contributed by atoms with Gasteiger partial charge in [-0.05, 0) is 115 Å². The van der Waals surface area contributed by atoms with Gasteiger partial charge >= 0.3 is 11.9 Å². The lowest BCUT2D eigenvalue weighted by atomic mass is 9.82. The Balaban J connectivity index is 1.78. The molecule has 2 aliphatic rings. The van der Waals surface area contributed by atoms with Gasteiger partial charge in [-0.1, -0.05) is 117 Å². The fourth-order valence-electron chi connectivity index (χ4n) is 9.02. The minimum absolute atomic E-state index is 0.178. The SMILES string of the molecule is CCCN(CCC)CCCCC(O)(CCCCCCC(C(=O)O)C1CCCCCC1)CCCCCCC(C(=O)O)C1CCCCCC1. The maximum Gasteiger partial charge on any atom is 0.306 e. The molecule has 2 rings (SSSR count). The number of aliphatic hydroxyl groups is 1. The van der Waals surface area contributed by atoms with Gasteiger partial charge in [0, 0.05) is 0 Å². The van der Waals surface area contributed by atoms with Crippen LogP contribution in [-0.4, -0.2) is 57.4 Å². The first-order valence-electron chi connectivity index (χ1n) is 20.7. The van der Waals surface area contributed by atoms with Crippen LogP contribution >= 0.6 is 0 Å². The Morgan fingerprint density at radius 1 is 0.553 bits per heavy atom. The van der Waals surface area contributed by atoms with E-state index in [9.17, 15) is 24.9 Å². The molecule has 0 radical (unpaired) electrons. The van der Waals surface area contributed by atoms with Crippen molar-refractivity contribution in [2.45, 2.75) is 206 Å². The minimum atomic E-state index is -0.617. The summed E-state index contributed by atoms with van der Waals surface area (Å²) in [6.07, 6.45) is 31.1. The van der Waals surface area contributed by atoms with Crippen LogP contribution in [0, 0.1) is 23.7 Å². The van der Waals surface area contributed by atoms with E-state index in [1.165, 1.54) is 64.2 Å². The van der Waals surface area contributed by atoms with Crippen molar-refractivity contribution < 1.29 is 24.9 Å². The van der Waals surface area contributed by atoms with Gasteiger partial charge < -0.3 is 20.2 Å². The summed E-state index contributed by atoms with van der Waals surface area (Å²) in [5, 5.41) is 31.7. The molecule has 2 saturated carbocycles. The third-order valence-electron chi connectivity index (χ3n) is 11.8. The molecule has 2 unspecified atom stereocenters. The Morgan fingerprint density at radius 3 is 1.28 bits per heavy atom. The highest BCUT2D eigenvalue weighted by Gasteiger charge is 2.30. The molecule has 6 nitrogen and oxygen atoms in total. The van der Waals surface area contributed by atoms with Crippen molar-refractivity contribution in [3.63, 3.8) is 0 Å². The Hall–Kier alpha value is -1.14. The lowest BCUT2D eigenvalue weighted by Gasteiger charge is -2.29. The van der Waals surface area contributed by atoms with Crippen molar-refractivity contribution >= 4 is 11.9 Å². The third kappa shape index (κ3) is 18.4. The molecule has 276 valence electrons. The highest BCUT2D eigenvalue weighted by molar-refractivity contribution is 5.70. The number of unbranched alkanes of at least 4 members (excludes halogenated alkanes) is 7. The second kappa shape index (κ2) is 25.8. The van der Waals surface area contributed by atoms with Crippen LogP contribution in [0.2, 0.25) is 0 Å². The molecule has 0 aromatic rings. The first kappa shape index (κ1) is 42.0. The molecule has 0 spiro atoms. The molecule has 2 atom stereocenters. The second-order valence-corrected chi connectivity index (χ2v) is 15.8. The molecular weight excluding hydrogens is 586 g/mol. The summed E-state index contributed by atoms with van der Waals surface area (Å²) in [5.74, 6) is -0.822. The summed E-state index contributed by atoms with van der Waals surface area (Å²) in [7, 11) is 0. The maximum atomic E-state index is 12.1. The first-order chi connectivity index (χ1) is 22.8. The highest BCUT2D eigenvalue weighted by Crippen LogP contribution is 2.34. The Bertz CT molecular complexity index is 731. The zero-order chi connectivity index (χ0) is 34.2. The summed E-state index contributed by atoms with van der Waals surface area (Å²) in [5.41, 5.74) is -0.617. The fraction of sp³-hybridized carbons (Fsp3) is 0.951. The largest absolute Gasteiger partial charge is 0.481 e. The van der Waals surface area contributed by atoms with E-state index in [4.69, 9.17) is 0 Å². The molecule has 47 heavy (non-hydrogen) atoms. The van der Waals surface area contributed by atoms with E-state index in [-0.39, 0.29) is 11.8 Å². The molecule has 0 heterocycles. The Kier molecular flexibility index (Phi) is 23.1. The van der Waals surface area contributed by atoms with Crippen molar-refractivity contribution in [3.05, 3.63) is 0 Å². The van der Waals surface area contributed by atoms with Crippen LogP contribution in [0.25, 0.3) is 0 Å². The van der Waals surface area contributed by atoms with Gasteiger partial charge in [-0.15, -0.1) is 0 Å². The molecule has 0 aromatic heterocycles. The molecule has 3 N–H and O–H groups in total. The average molecular weight is 664 g/mol. The van der Waals surface area contributed by atoms with Crippen molar-refractivity contribution in [3.8, 4) is 0 Å². The number of carboxylic acids is 2. The van der Waals surface area contributed by atoms with Crippen molar-refractivity contribution in [2.24, 2.45) is 23.7 Å². The molecule has 2 aliphatic carbocycles. The smallest absolute Gasteiger partial charge is 0.306 e. The van der Waals surface area contributed by atoms with E-state index in [2.05, 4.69) is 18.7 Å². The lowest BCUT2D eigenvalue weighted by Crippen LogP contribution is -2.30. The molecule has 0 saturated heterocycles. The summed E-state index contributed by atoms with van der Waals surface area (Å²) < 4.78 is 0. The summed E-state index contributed by atoms with van der Waals surface area (Å²) in [6.45, 7) is 7.94. The minimum Gasteiger partial charge on any atom is -0.481 e. The van der Waals surface area contributed by atoms with E-state index in [1.807, 2.05) is 0 Å². The molecule has 6 heteroatoms. The molecule has 0 aromatic carbocycles. The summed E-state index contributed by atoms with van der Waals surface area (Å²) >= 11 is 0. The van der Waals surface area contributed by atoms with Crippen LogP contribution in [0.15, 0.2) is 0 Å². The topological polar surface area (TPSA) is 98.1 Å². The second-order valence-electron chi connectivity index (χ2n) is 15.8. The molecule has 0 bridgehead atoms. The summed E-state index contributed by atoms with van der Waals surface area (Å²) in [4.78, 5) is 26.7. The molecular formula is C41H77NO5. The zero-order valence-corrected chi connectivity index (χ0v) is 31.0. The van der Waals surface area contributed by atoms with E-state index in [0.29, 0.717) is 11.8 Å². The van der Waals surface area contributed by atoms with Crippen molar-refractivity contribution in [2.75, 3.05) is 19.6 Å². The zero-order valence-electron chi connectivity index (χ0n) is 31.0. The lowest BCUT2D eigenvalue weighted by molar-refractivity contribution is -0.145. The first-order valence-corrected chi connectivity index (χ1v) is 20.7.